The lowest BCUT2D eigenvalue weighted by Gasteiger charge is -2.20. The van der Waals surface area contributed by atoms with E-state index >= 15 is 0 Å². The first-order chi connectivity index (χ1) is 12.4. The van der Waals surface area contributed by atoms with Gasteiger partial charge in [0, 0.05) is 29.4 Å². The van der Waals surface area contributed by atoms with Gasteiger partial charge in [0.25, 0.3) is 5.03 Å². The maximum absolute atomic E-state index is 12.4. The Kier molecular flexibility index (Phi) is 7.29. The number of carbonyl (C=O) groups excluding carboxylic acids is 2. The summed E-state index contributed by atoms with van der Waals surface area (Å²) in [5.74, 6) is -0.419. The molecule has 0 aliphatic heterocycles. The summed E-state index contributed by atoms with van der Waals surface area (Å²) in [5.41, 5.74) is 1.51. The molecule has 138 valence electrons. The SMILES string of the molecule is CCN(CC(=O)Nc1cc(Cl)ccc1C)C(=O)CSc1cccc[n+]1[O-]. The van der Waals surface area contributed by atoms with E-state index in [2.05, 4.69) is 5.32 Å². The zero-order chi connectivity index (χ0) is 19.1. The van der Waals surface area contributed by atoms with Crippen molar-refractivity contribution in [3.05, 3.63) is 58.4 Å². The Hall–Kier alpha value is -2.25. The van der Waals surface area contributed by atoms with Crippen LogP contribution in [-0.4, -0.2) is 35.6 Å². The van der Waals surface area contributed by atoms with Crippen molar-refractivity contribution in [2.75, 3.05) is 24.2 Å². The molecule has 0 aliphatic carbocycles. The third-order valence-corrected chi connectivity index (χ3v) is 4.91. The monoisotopic (exact) mass is 393 g/mol. The predicted molar refractivity (Wildman–Crippen MR) is 103 cm³/mol. The van der Waals surface area contributed by atoms with Gasteiger partial charge in [-0.3, -0.25) is 9.59 Å². The van der Waals surface area contributed by atoms with Crippen molar-refractivity contribution in [1.29, 1.82) is 0 Å². The van der Waals surface area contributed by atoms with Crippen molar-refractivity contribution in [2.45, 2.75) is 18.9 Å². The van der Waals surface area contributed by atoms with Crippen LogP contribution in [-0.2, 0) is 9.59 Å². The van der Waals surface area contributed by atoms with Crippen molar-refractivity contribution < 1.29 is 14.3 Å². The highest BCUT2D eigenvalue weighted by Crippen LogP contribution is 2.20. The number of halogens is 1. The number of hydrogen-bond acceptors (Lipinski definition) is 4. The number of likely N-dealkylation sites (N-methyl/N-ethyl adjacent to an activating group) is 1. The molecule has 8 heteroatoms. The van der Waals surface area contributed by atoms with Crippen molar-refractivity contribution in [1.82, 2.24) is 4.90 Å². The van der Waals surface area contributed by atoms with E-state index in [4.69, 9.17) is 11.6 Å². The summed E-state index contributed by atoms with van der Waals surface area (Å²) < 4.78 is 0.711. The molecule has 26 heavy (non-hydrogen) atoms. The molecule has 2 rings (SSSR count). The molecule has 2 aromatic rings. The van der Waals surface area contributed by atoms with Crippen LogP contribution in [0.1, 0.15) is 12.5 Å². The second-order valence-corrected chi connectivity index (χ2v) is 7.00. The van der Waals surface area contributed by atoms with E-state index in [1.807, 2.05) is 13.0 Å². The van der Waals surface area contributed by atoms with E-state index in [-0.39, 0.29) is 24.1 Å². The first kappa shape index (κ1) is 20.1. The average molecular weight is 394 g/mol. The van der Waals surface area contributed by atoms with E-state index in [0.29, 0.717) is 27.0 Å². The topological polar surface area (TPSA) is 76.4 Å². The van der Waals surface area contributed by atoms with Crippen LogP contribution in [0, 0.1) is 12.1 Å². The number of pyridine rings is 1. The van der Waals surface area contributed by atoms with Crippen molar-refractivity contribution >= 4 is 40.9 Å². The Labute approximate surface area is 161 Å². The molecule has 1 aromatic heterocycles. The van der Waals surface area contributed by atoms with E-state index in [0.717, 1.165) is 17.3 Å². The second kappa shape index (κ2) is 9.45. The minimum Gasteiger partial charge on any atom is -0.618 e. The third-order valence-electron chi connectivity index (χ3n) is 3.67. The minimum absolute atomic E-state index is 0.0615. The summed E-state index contributed by atoms with van der Waals surface area (Å²) in [6.07, 6.45) is 1.38. The molecule has 0 bridgehead atoms. The number of nitrogens with zero attached hydrogens (tertiary/aromatic N) is 2. The van der Waals surface area contributed by atoms with Gasteiger partial charge >= 0.3 is 0 Å². The summed E-state index contributed by atoms with van der Waals surface area (Å²) in [7, 11) is 0. The highest BCUT2D eigenvalue weighted by Gasteiger charge is 2.18. The van der Waals surface area contributed by atoms with Gasteiger partial charge in [-0.25, -0.2) is 0 Å². The first-order valence-corrected chi connectivity index (χ1v) is 9.41. The van der Waals surface area contributed by atoms with Gasteiger partial charge in [0.15, 0.2) is 6.20 Å². The van der Waals surface area contributed by atoms with Gasteiger partial charge < -0.3 is 15.4 Å². The van der Waals surface area contributed by atoms with Gasteiger partial charge in [-0.15, -0.1) is 0 Å². The molecule has 0 saturated heterocycles. The quantitative estimate of drug-likeness (QED) is 0.446. The normalized spacial score (nSPS) is 10.4. The fourth-order valence-electron chi connectivity index (χ4n) is 2.22. The summed E-state index contributed by atoms with van der Waals surface area (Å²) >= 11 is 7.09. The Morgan fingerprint density at radius 2 is 2.08 bits per heavy atom. The largest absolute Gasteiger partial charge is 0.618 e. The highest BCUT2D eigenvalue weighted by atomic mass is 35.5. The van der Waals surface area contributed by atoms with Crippen LogP contribution in [0.3, 0.4) is 0 Å². The van der Waals surface area contributed by atoms with E-state index < -0.39 is 0 Å². The molecule has 1 heterocycles. The molecule has 0 radical (unpaired) electrons. The number of hydrogen-bond donors (Lipinski definition) is 1. The Morgan fingerprint density at radius 3 is 2.77 bits per heavy atom. The Balaban J connectivity index is 1.93. The predicted octanol–water partition coefficient (Wildman–Crippen LogP) is 2.86. The van der Waals surface area contributed by atoms with Crippen LogP contribution in [0.25, 0.3) is 0 Å². The fraction of sp³-hybridized carbons (Fsp3) is 0.278. The number of nitrogens with one attached hydrogen (secondary N) is 1. The molecule has 0 aliphatic rings. The van der Waals surface area contributed by atoms with Crippen LogP contribution in [0.5, 0.6) is 0 Å². The number of amides is 2. The summed E-state index contributed by atoms with van der Waals surface area (Å²) in [6, 6.07) is 10.2. The van der Waals surface area contributed by atoms with Crippen LogP contribution >= 0.6 is 23.4 Å². The Morgan fingerprint density at radius 1 is 1.31 bits per heavy atom. The lowest BCUT2D eigenvalue weighted by molar-refractivity contribution is -0.645. The molecule has 0 spiro atoms. The minimum atomic E-state index is -0.297. The highest BCUT2D eigenvalue weighted by molar-refractivity contribution is 7.99. The molecule has 0 fully saturated rings. The molecular weight excluding hydrogens is 374 g/mol. The van der Waals surface area contributed by atoms with Gasteiger partial charge in [-0.05, 0) is 49.4 Å². The number of benzene rings is 1. The van der Waals surface area contributed by atoms with Gasteiger partial charge in [0.1, 0.15) is 0 Å². The molecule has 6 nitrogen and oxygen atoms in total. The molecule has 0 saturated carbocycles. The second-order valence-electron chi connectivity index (χ2n) is 5.57. The van der Waals surface area contributed by atoms with Gasteiger partial charge in [-0.2, -0.15) is 4.73 Å². The van der Waals surface area contributed by atoms with E-state index in [1.165, 1.54) is 11.1 Å². The number of carbonyl (C=O) groups is 2. The zero-order valence-electron chi connectivity index (χ0n) is 14.6. The standard InChI is InChI=1S/C18H20ClN3O3S/c1-3-21(17(24)12-26-18-6-4-5-9-22(18)25)11-16(23)20-15-10-14(19)8-7-13(15)2/h4-10H,3,11-12H2,1-2H3,(H,20,23). The van der Waals surface area contributed by atoms with Crippen molar-refractivity contribution in [2.24, 2.45) is 0 Å². The van der Waals surface area contributed by atoms with Crippen molar-refractivity contribution in [3.63, 3.8) is 0 Å². The van der Waals surface area contributed by atoms with Crippen LogP contribution < -0.4 is 10.0 Å². The summed E-state index contributed by atoms with van der Waals surface area (Å²) in [4.78, 5) is 26.1. The molecule has 1 aromatic carbocycles. The number of aromatic nitrogens is 1. The Bertz CT molecular complexity index is 801. The third kappa shape index (κ3) is 5.64. The number of thioether (sulfide) groups is 1. The molecule has 1 N–H and O–H groups in total. The zero-order valence-corrected chi connectivity index (χ0v) is 16.1. The maximum atomic E-state index is 12.4. The van der Waals surface area contributed by atoms with Gasteiger partial charge in [0.2, 0.25) is 11.8 Å². The number of aryl methyl sites for hydroxylation is 1. The molecule has 0 unspecified atom stereocenters. The number of rotatable bonds is 7. The number of anilines is 1. The molecule has 0 atom stereocenters. The molecular formula is C18H20ClN3O3S. The van der Waals surface area contributed by atoms with E-state index in [9.17, 15) is 14.8 Å². The van der Waals surface area contributed by atoms with Gasteiger partial charge in [0.05, 0.1) is 12.3 Å². The molecule has 2 amide bonds. The lowest BCUT2D eigenvalue weighted by Crippen LogP contribution is -2.39. The maximum Gasteiger partial charge on any atom is 0.251 e. The average Bonchev–Trinajstić information content (AvgIpc) is 2.61. The van der Waals surface area contributed by atoms with E-state index in [1.54, 1.807) is 37.3 Å². The van der Waals surface area contributed by atoms with Crippen LogP contribution in [0.2, 0.25) is 5.02 Å². The lowest BCUT2D eigenvalue weighted by atomic mass is 10.2. The smallest absolute Gasteiger partial charge is 0.251 e. The van der Waals surface area contributed by atoms with Crippen LogP contribution in [0.15, 0.2) is 47.6 Å². The fourth-order valence-corrected chi connectivity index (χ4v) is 3.21. The van der Waals surface area contributed by atoms with Crippen molar-refractivity contribution in [3.8, 4) is 0 Å². The summed E-state index contributed by atoms with van der Waals surface area (Å²) in [6.45, 7) is 4.00. The van der Waals surface area contributed by atoms with Gasteiger partial charge in [-0.1, -0.05) is 17.7 Å². The summed E-state index contributed by atoms with van der Waals surface area (Å²) in [5, 5.41) is 15.4. The first-order valence-electron chi connectivity index (χ1n) is 8.05. The van der Waals surface area contributed by atoms with Crippen LogP contribution in [0.4, 0.5) is 5.69 Å².